The Hall–Kier alpha value is -2.68. The number of nitrogens with zero attached hydrogens (tertiary/aromatic N) is 1. The molecule has 2 N–H and O–H groups in total. The highest BCUT2D eigenvalue weighted by atomic mass is 16.1. The number of hydrogen-bond acceptors (Lipinski definition) is 3. The Labute approximate surface area is 110 Å². The van der Waals surface area contributed by atoms with Crippen molar-refractivity contribution in [2.24, 2.45) is 0 Å². The lowest BCUT2D eigenvalue weighted by atomic mass is 9.99. The number of rotatable bonds is 2. The highest BCUT2D eigenvalue weighted by Crippen LogP contribution is 2.20. The third-order valence-electron chi connectivity index (χ3n) is 3.06. The fourth-order valence-electron chi connectivity index (χ4n) is 2.09. The van der Waals surface area contributed by atoms with Crippen LogP contribution in [0.5, 0.6) is 0 Å². The minimum absolute atomic E-state index is 0.0152. The van der Waals surface area contributed by atoms with Crippen molar-refractivity contribution in [3.05, 3.63) is 71.9 Å². The maximum absolute atomic E-state index is 12.5. The summed E-state index contributed by atoms with van der Waals surface area (Å²) in [4.78, 5) is 16.8. The molecule has 3 heteroatoms. The Morgan fingerprint density at radius 3 is 2.53 bits per heavy atom. The van der Waals surface area contributed by atoms with E-state index in [2.05, 4.69) is 4.98 Å². The number of nitrogens with two attached hydrogens (primary N) is 1. The first-order valence-corrected chi connectivity index (χ1v) is 6.00. The van der Waals surface area contributed by atoms with Gasteiger partial charge in [-0.15, -0.1) is 0 Å². The molecule has 3 aromatic rings. The molecule has 3 rings (SSSR count). The first-order chi connectivity index (χ1) is 9.25. The molecule has 0 radical (unpaired) electrons. The highest BCUT2D eigenvalue weighted by Gasteiger charge is 2.12. The number of hydrogen-bond donors (Lipinski definition) is 1. The van der Waals surface area contributed by atoms with Crippen molar-refractivity contribution in [2.45, 2.75) is 0 Å². The third kappa shape index (κ3) is 2.06. The Morgan fingerprint density at radius 1 is 0.947 bits per heavy atom. The van der Waals surface area contributed by atoms with E-state index in [1.54, 1.807) is 30.5 Å². The van der Waals surface area contributed by atoms with Crippen molar-refractivity contribution in [3.63, 3.8) is 0 Å². The zero-order valence-corrected chi connectivity index (χ0v) is 10.2. The topological polar surface area (TPSA) is 56.0 Å². The molecule has 2 aromatic carbocycles. The second kappa shape index (κ2) is 4.53. The van der Waals surface area contributed by atoms with Gasteiger partial charge in [0.05, 0.1) is 5.52 Å². The molecule has 0 saturated carbocycles. The molecule has 0 unspecified atom stereocenters. The fourth-order valence-corrected chi connectivity index (χ4v) is 2.09. The van der Waals surface area contributed by atoms with Gasteiger partial charge in [0.15, 0.2) is 5.78 Å². The van der Waals surface area contributed by atoms with Crippen LogP contribution in [0.1, 0.15) is 15.9 Å². The summed E-state index contributed by atoms with van der Waals surface area (Å²) in [7, 11) is 0. The van der Waals surface area contributed by atoms with Gasteiger partial charge < -0.3 is 5.73 Å². The van der Waals surface area contributed by atoms with Gasteiger partial charge in [0.25, 0.3) is 0 Å². The van der Waals surface area contributed by atoms with E-state index in [1.165, 1.54) is 0 Å². The molecule has 0 aliphatic rings. The number of benzene rings is 2. The lowest BCUT2D eigenvalue weighted by Gasteiger charge is -2.05. The van der Waals surface area contributed by atoms with Crippen molar-refractivity contribution in [2.75, 3.05) is 5.73 Å². The summed E-state index contributed by atoms with van der Waals surface area (Å²) in [5, 5.41) is 0.867. The SMILES string of the molecule is Nc1ccc(C(=O)c2cccc3ncccc23)cc1. The number of aromatic nitrogens is 1. The summed E-state index contributed by atoms with van der Waals surface area (Å²) in [6, 6.07) is 16.3. The zero-order valence-electron chi connectivity index (χ0n) is 10.2. The molecule has 0 aliphatic heterocycles. The molecule has 0 saturated heterocycles. The van der Waals surface area contributed by atoms with Crippen LogP contribution in [0.3, 0.4) is 0 Å². The quantitative estimate of drug-likeness (QED) is 0.560. The molecule has 0 amide bonds. The second-order valence-electron chi connectivity index (χ2n) is 4.33. The van der Waals surface area contributed by atoms with Crippen LogP contribution in [0.15, 0.2) is 60.8 Å². The van der Waals surface area contributed by atoms with E-state index >= 15 is 0 Å². The maximum Gasteiger partial charge on any atom is 0.193 e. The minimum atomic E-state index is -0.0152. The lowest BCUT2D eigenvalue weighted by molar-refractivity contribution is 0.104. The van der Waals surface area contributed by atoms with Gasteiger partial charge in [-0.1, -0.05) is 18.2 Å². The molecule has 0 spiro atoms. The molecule has 19 heavy (non-hydrogen) atoms. The summed E-state index contributed by atoms with van der Waals surface area (Å²) in [6.45, 7) is 0. The Kier molecular flexibility index (Phi) is 2.72. The average Bonchev–Trinajstić information content (AvgIpc) is 2.47. The number of nitrogen functional groups attached to an aromatic ring is 1. The standard InChI is InChI=1S/C16H12N2O/c17-12-8-6-11(7-9-12)16(19)14-3-1-5-15-13(14)4-2-10-18-15/h1-10H,17H2. The Morgan fingerprint density at radius 2 is 1.74 bits per heavy atom. The van der Waals surface area contributed by atoms with E-state index in [0.717, 1.165) is 10.9 Å². The van der Waals surface area contributed by atoms with Crippen LogP contribution in [0.4, 0.5) is 5.69 Å². The van der Waals surface area contributed by atoms with E-state index in [9.17, 15) is 4.79 Å². The molecule has 1 heterocycles. The first-order valence-electron chi connectivity index (χ1n) is 6.00. The van der Waals surface area contributed by atoms with Gasteiger partial charge in [-0.3, -0.25) is 9.78 Å². The molecular formula is C16H12N2O. The third-order valence-corrected chi connectivity index (χ3v) is 3.06. The molecule has 92 valence electrons. The van der Waals surface area contributed by atoms with Crippen molar-refractivity contribution in [1.29, 1.82) is 0 Å². The fraction of sp³-hybridized carbons (Fsp3) is 0. The van der Waals surface area contributed by atoms with Crippen molar-refractivity contribution < 1.29 is 4.79 Å². The summed E-state index contributed by atoms with van der Waals surface area (Å²) in [5.41, 5.74) is 8.40. The van der Waals surface area contributed by atoms with Gasteiger partial charge in [-0.25, -0.2) is 0 Å². The predicted octanol–water partition coefficient (Wildman–Crippen LogP) is 3.05. The zero-order chi connectivity index (χ0) is 13.2. The lowest BCUT2D eigenvalue weighted by Crippen LogP contribution is -2.02. The van der Waals surface area contributed by atoms with E-state index in [4.69, 9.17) is 5.73 Å². The Balaban J connectivity index is 2.14. The maximum atomic E-state index is 12.5. The van der Waals surface area contributed by atoms with Gasteiger partial charge in [0, 0.05) is 28.4 Å². The molecule has 0 bridgehead atoms. The highest BCUT2D eigenvalue weighted by molar-refractivity contribution is 6.16. The summed E-state index contributed by atoms with van der Waals surface area (Å²) < 4.78 is 0. The van der Waals surface area contributed by atoms with Crippen molar-refractivity contribution >= 4 is 22.4 Å². The summed E-state index contributed by atoms with van der Waals surface area (Å²) in [5.74, 6) is -0.0152. The monoisotopic (exact) mass is 248 g/mol. The normalized spacial score (nSPS) is 10.5. The molecule has 0 fully saturated rings. The number of ketones is 1. The number of carbonyl (C=O) groups excluding carboxylic acids is 1. The van der Waals surface area contributed by atoms with Gasteiger partial charge in [0.2, 0.25) is 0 Å². The van der Waals surface area contributed by atoms with Crippen LogP contribution in [-0.4, -0.2) is 10.8 Å². The summed E-state index contributed by atoms with van der Waals surface area (Å²) in [6.07, 6.45) is 1.72. The predicted molar refractivity (Wildman–Crippen MR) is 76.0 cm³/mol. The van der Waals surface area contributed by atoms with E-state index in [0.29, 0.717) is 16.8 Å². The number of carbonyl (C=O) groups is 1. The van der Waals surface area contributed by atoms with Gasteiger partial charge in [0.1, 0.15) is 0 Å². The van der Waals surface area contributed by atoms with Crippen LogP contribution < -0.4 is 5.73 Å². The number of anilines is 1. The molecule has 0 aliphatic carbocycles. The number of pyridine rings is 1. The average molecular weight is 248 g/mol. The van der Waals surface area contributed by atoms with Crippen LogP contribution in [0.2, 0.25) is 0 Å². The van der Waals surface area contributed by atoms with Crippen LogP contribution >= 0.6 is 0 Å². The molecule has 3 nitrogen and oxygen atoms in total. The van der Waals surface area contributed by atoms with Crippen LogP contribution in [-0.2, 0) is 0 Å². The molecule has 1 aromatic heterocycles. The molecular weight excluding hydrogens is 236 g/mol. The Bertz CT molecular complexity index is 743. The van der Waals surface area contributed by atoms with E-state index in [1.807, 2.05) is 30.3 Å². The van der Waals surface area contributed by atoms with Crippen LogP contribution in [0, 0.1) is 0 Å². The van der Waals surface area contributed by atoms with Crippen molar-refractivity contribution in [3.8, 4) is 0 Å². The number of fused-ring (bicyclic) bond motifs is 1. The van der Waals surface area contributed by atoms with Crippen molar-refractivity contribution in [1.82, 2.24) is 4.98 Å². The summed E-state index contributed by atoms with van der Waals surface area (Å²) >= 11 is 0. The second-order valence-corrected chi connectivity index (χ2v) is 4.33. The van der Waals surface area contributed by atoms with E-state index in [-0.39, 0.29) is 5.78 Å². The van der Waals surface area contributed by atoms with Gasteiger partial charge >= 0.3 is 0 Å². The van der Waals surface area contributed by atoms with Crippen LogP contribution in [0.25, 0.3) is 10.9 Å². The molecule has 0 atom stereocenters. The largest absolute Gasteiger partial charge is 0.399 e. The van der Waals surface area contributed by atoms with E-state index < -0.39 is 0 Å². The minimum Gasteiger partial charge on any atom is -0.399 e. The van der Waals surface area contributed by atoms with Gasteiger partial charge in [-0.2, -0.15) is 0 Å². The first kappa shape index (κ1) is 11.4. The smallest absolute Gasteiger partial charge is 0.193 e. The van der Waals surface area contributed by atoms with Gasteiger partial charge in [-0.05, 0) is 36.4 Å².